The number of anilines is 1. The Kier molecular flexibility index (Phi) is 2.28. The van der Waals surface area contributed by atoms with Gasteiger partial charge in [0.15, 0.2) is 5.82 Å². The summed E-state index contributed by atoms with van der Waals surface area (Å²) in [5.74, 6) is -0.146. The normalized spacial score (nSPS) is 10.3. The molecule has 0 aliphatic rings. The van der Waals surface area contributed by atoms with Crippen LogP contribution in [0.2, 0.25) is 0 Å². The summed E-state index contributed by atoms with van der Waals surface area (Å²) in [5, 5.41) is 10.1. The molecule has 0 bridgehead atoms. The topological polar surface area (TPSA) is 68.5 Å². The minimum atomic E-state index is -0.501. The summed E-state index contributed by atoms with van der Waals surface area (Å²) < 4.78 is 14.9. The Morgan fingerprint density at radius 3 is 2.80 bits per heavy atom. The van der Waals surface area contributed by atoms with Crippen LogP contribution in [-0.2, 0) is 7.05 Å². The molecular formula is C8H9FN6. The Morgan fingerprint density at radius 2 is 2.20 bits per heavy atom. The Labute approximate surface area is 85.2 Å². The van der Waals surface area contributed by atoms with E-state index in [0.717, 1.165) is 6.20 Å². The molecule has 1 N–H and O–H groups in total. The molecule has 0 saturated heterocycles. The zero-order chi connectivity index (χ0) is 10.8. The molecule has 0 spiro atoms. The fraction of sp³-hybridized carbons (Fsp3) is 0.250. The summed E-state index contributed by atoms with van der Waals surface area (Å²) in [7, 11) is 3.33. The van der Waals surface area contributed by atoms with Gasteiger partial charge in [-0.05, 0) is 0 Å². The highest BCUT2D eigenvalue weighted by Gasteiger charge is 2.12. The van der Waals surface area contributed by atoms with Gasteiger partial charge in [0.05, 0.1) is 12.4 Å². The maximum Gasteiger partial charge on any atom is 0.223 e. The number of rotatable bonds is 2. The predicted molar refractivity (Wildman–Crippen MR) is 51.5 cm³/mol. The Hall–Kier alpha value is -2.05. The first-order valence-electron chi connectivity index (χ1n) is 4.27. The molecule has 0 saturated carbocycles. The average molecular weight is 208 g/mol. The second-order valence-electron chi connectivity index (χ2n) is 2.88. The summed E-state index contributed by atoms with van der Waals surface area (Å²) in [6, 6.07) is 0. The van der Waals surface area contributed by atoms with Gasteiger partial charge >= 0.3 is 0 Å². The van der Waals surface area contributed by atoms with Crippen LogP contribution in [0, 0.1) is 5.82 Å². The lowest BCUT2D eigenvalue weighted by Gasteiger charge is -2.03. The first kappa shape index (κ1) is 9.50. The van der Waals surface area contributed by atoms with Crippen molar-refractivity contribution in [3.8, 4) is 11.4 Å². The molecule has 2 aromatic rings. The van der Waals surface area contributed by atoms with Crippen molar-refractivity contribution < 1.29 is 4.39 Å². The van der Waals surface area contributed by atoms with Crippen molar-refractivity contribution in [2.24, 2.45) is 7.05 Å². The van der Waals surface area contributed by atoms with Crippen molar-refractivity contribution in [3.05, 3.63) is 18.2 Å². The van der Waals surface area contributed by atoms with Crippen LogP contribution in [0.15, 0.2) is 12.4 Å². The van der Waals surface area contributed by atoms with Crippen molar-refractivity contribution in [2.45, 2.75) is 0 Å². The molecule has 2 aromatic heterocycles. The minimum absolute atomic E-state index is 0.182. The third-order valence-corrected chi connectivity index (χ3v) is 1.92. The Morgan fingerprint density at radius 1 is 1.40 bits per heavy atom. The van der Waals surface area contributed by atoms with Gasteiger partial charge in [-0.15, -0.1) is 5.10 Å². The molecule has 7 heteroatoms. The van der Waals surface area contributed by atoms with Gasteiger partial charge in [-0.1, -0.05) is 5.21 Å². The molecule has 2 heterocycles. The molecule has 0 aliphatic carbocycles. The number of hydrogen-bond acceptors (Lipinski definition) is 5. The third kappa shape index (κ3) is 1.63. The quantitative estimate of drug-likeness (QED) is 0.776. The monoisotopic (exact) mass is 208 g/mol. The van der Waals surface area contributed by atoms with Crippen molar-refractivity contribution in [1.82, 2.24) is 25.0 Å². The number of aryl methyl sites for hydroxylation is 1. The molecule has 0 amide bonds. The van der Waals surface area contributed by atoms with E-state index in [1.807, 2.05) is 0 Å². The van der Waals surface area contributed by atoms with Crippen LogP contribution in [0.1, 0.15) is 0 Å². The van der Waals surface area contributed by atoms with E-state index in [-0.39, 0.29) is 5.69 Å². The molecule has 6 nitrogen and oxygen atoms in total. The van der Waals surface area contributed by atoms with E-state index in [1.54, 1.807) is 14.1 Å². The van der Waals surface area contributed by atoms with Crippen molar-refractivity contribution >= 4 is 5.95 Å². The van der Waals surface area contributed by atoms with Crippen molar-refractivity contribution in [2.75, 3.05) is 12.4 Å². The standard InChI is InChI=1S/C8H9FN6/c1-10-8-11-3-5(9)7(13-8)6-4-12-14-15(6)2/h3-4H,1-2H3,(H,10,11,13). The largest absolute Gasteiger partial charge is 0.357 e. The number of aromatic nitrogens is 5. The molecular weight excluding hydrogens is 199 g/mol. The number of nitrogens with one attached hydrogen (secondary N) is 1. The molecule has 0 aliphatic heterocycles. The highest BCUT2D eigenvalue weighted by molar-refractivity contribution is 5.55. The molecule has 78 valence electrons. The summed E-state index contributed by atoms with van der Waals surface area (Å²) in [6.45, 7) is 0. The van der Waals surface area contributed by atoms with E-state index in [0.29, 0.717) is 11.6 Å². The van der Waals surface area contributed by atoms with E-state index in [1.165, 1.54) is 10.9 Å². The van der Waals surface area contributed by atoms with Crippen LogP contribution >= 0.6 is 0 Å². The van der Waals surface area contributed by atoms with E-state index in [2.05, 4.69) is 25.6 Å². The molecule has 0 radical (unpaired) electrons. The lowest BCUT2D eigenvalue weighted by atomic mass is 10.3. The van der Waals surface area contributed by atoms with Gasteiger partial charge in [0.25, 0.3) is 0 Å². The fourth-order valence-electron chi connectivity index (χ4n) is 1.17. The fourth-order valence-corrected chi connectivity index (χ4v) is 1.17. The van der Waals surface area contributed by atoms with Crippen LogP contribution in [0.25, 0.3) is 11.4 Å². The third-order valence-electron chi connectivity index (χ3n) is 1.92. The number of hydrogen-bond donors (Lipinski definition) is 1. The SMILES string of the molecule is CNc1ncc(F)c(-c2cnnn2C)n1. The molecule has 0 unspecified atom stereocenters. The van der Waals surface area contributed by atoms with Crippen LogP contribution in [-0.4, -0.2) is 32.0 Å². The van der Waals surface area contributed by atoms with Crippen LogP contribution in [0.3, 0.4) is 0 Å². The minimum Gasteiger partial charge on any atom is -0.357 e. The Balaban J connectivity index is 2.56. The van der Waals surface area contributed by atoms with Gasteiger partial charge < -0.3 is 5.32 Å². The second-order valence-corrected chi connectivity index (χ2v) is 2.88. The van der Waals surface area contributed by atoms with Crippen LogP contribution in [0.4, 0.5) is 10.3 Å². The molecule has 15 heavy (non-hydrogen) atoms. The van der Waals surface area contributed by atoms with Gasteiger partial charge in [-0.3, -0.25) is 0 Å². The Bertz CT molecular complexity index is 480. The van der Waals surface area contributed by atoms with E-state index < -0.39 is 5.82 Å². The van der Waals surface area contributed by atoms with Gasteiger partial charge in [0, 0.05) is 14.1 Å². The molecule has 0 atom stereocenters. The van der Waals surface area contributed by atoms with E-state index in [4.69, 9.17) is 0 Å². The number of nitrogens with zero attached hydrogens (tertiary/aromatic N) is 5. The number of halogens is 1. The van der Waals surface area contributed by atoms with Gasteiger partial charge in [-0.25, -0.2) is 19.0 Å². The maximum atomic E-state index is 13.4. The summed E-state index contributed by atoms with van der Waals surface area (Å²) in [6.07, 6.45) is 2.56. The smallest absolute Gasteiger partial charge is 0.223 e. The van der Waals surface area contributed by atoms with E-state index >= 15 is 0 Å². The summed E-state index contributed by atoms with van der Waals surface area (Å²) in [4.78, 5) is 7.75. The molecule has 2 rings (SSSR count). The maximum absolute atomic E-state index is 13.4. The second kappa shape index (κ2) is 3.60. The van der Waals surface area contributed by atoms with Gasteiger partial charge in [-0.2, -0.15) is 0 Å². The molecule has 0 aromatic carbocycles. The van der Waals surface area contributed by atoms with Crippen molar-refractivity contribution in [1.29, 1.82) is 0 Å². The summed E-state index contributed by atoms with van der Waals surface area (Å²) >= 11 is 0. The molecule has 0 fully saturated rings. The lowest BCUT2D eigenvalue weighted by molar-refractivity contribution is 0.614. The zero-order valence-corrected chi connectivity index (χ0v) is 8.27. The predicted octanol–water partition coefficient (Wildman–Crippen LogP) is 0.453. The lowest BCUT2D eigenvalue weighted by Crippen LogP contribution is -2.02. The highest BCUT2D eigenvalue weighted by atomic mass is 19.1. The van der Waals surface area contributed by atoms with Crippen molar-refractivity contribution in [3.63, 3.8) is 0 Å². The van der Waals surface area contributed by atoms with Gasteiger partial charge in [0.2, 0.25) is 5.95 Å². The first-order valence-corrected chi connectivity index (χ1v) is 4.27. The van der Waals surface area contributed by atoms with Crippen LogP contribution in [0.5, 0.6) is 0 Å². The zero-order valence-electron chi connectivity index (χ0n) is 8.27. The van der Waals surface area contributed by atoms with Gasteiger partial charge in [0.1, 0.15) is 11.4 Å². The first-order chi connectivity index (χ1) is 7.22. The summed E-state index contributed by atoms with van der Waals surface area (Å²) in [5.41, 5.74) is 0.688. The van der Waals surface area contributed by atoms with E-state index in [9.17, 15) is 4.39 Å². The highest BCUT2D eigenvalue weighted by Crippen LogP contribution is 2.18. The van der Waals surface area contributed by atoms with Crippen LogP contribution < -0.4 is 5.32 Å². The average Bonchev–Trinajstić information content (AvgIpc) is 2.65.